The molecule has 0 radical (unpaired) electrons. The van der Waals surface area contributed by atoms with Gasteiger partial charge in [-0.05, 0) is 11.1 Å². The van der Waals surface area contributed by atoms with Crippen LogP contribution in [0.5, 0.6) is 0 Å². The zero-order valence-corrected chi connectivity index (χ0v) is 14.4. The molecule has 1 saturated heterocycles. The molecule has 1 aliphatic heterocycles. The van der Waals surface area contributed by atoms with Gasteiger partial charge in [-0.2, -0.15) is 0 Å². The maximum Gasteiger partial charge on any atom is 0.351 e. The molecule has 23 heavy (non-hydrogen) atoms. The molecule has 124 valence electrons. The van der Waals surface area contributed by atoms with E-state index in [1.165, 1.54) is 14.2 Å². The summed E-state index contributed by atoms with van der Waals surface area (Å²) in [5.41, 5.74) is 2.18. The van der Waals surface area contributed by atoms with Crippen LogP contribution in [-0.2, 0) is 25.0 Å². The highest BCUT2D eigenvalue weighted by Gasteiger charge is 2.49. The van der Waals surface area contributed by atoms with E-state index in [4.69, 9.17) is 9.05 Å². The lowest BCUT2D eigenvalue weighted by Crippen LogP contribution is -2.30. The molecule has 0 N–H and O–H groups in total. The third kappa shape index (κ3) is 3.20. The maximum atomic E-state index is 13.1. The molecule has 0 bridgehead atoms. The Bertz CT molecular complexity index is 650. The average Bonchev–Trinajstić information content (AvgIpc) is 2.92. The van der Waals surface area contributed by atoms with Gasteiger partial charge in [0, 0.05) is 46.1 Å². The van der Waals surface area contributed by atoms with Crippen molar-refractivity contribution in [2.24, 2.45) is 5.92 Å². The summed E-state index contributed by atoms with van der Waals surface area (Å²) in [7, 11) is -0.438. The van der Waals surface area contributed by atoms with Crippen LogP contribution >= 0.6 is 7.60 Å². The van der Waals surface area contributed by atoms with Crippen molar-refractivity contribution >= 4 is 13.4 Å². The molecular formula is C17H22NO4P. The molecule has 0 saturated carbocycles. The molecule has 2 atom stereocenters. The minimum Gasteiger partial charge on any atom is -0.311 e. The molecular weight excluding hydrogens is 313 g/mol. The van der Waals surface area contributed by atoms with Crippen molar-refractivity contribution < 1.29 is 18.4 Å². The molecule has 1 aliphatic carbocycles. The summed E-state index contributed by atoms with van der Waals surface area (Å²) in [6.07, 6.45) is 2.85. The van der Waals surface area contributed by atoms with Crippen molar-refractivity contribution in [3.05, 3.63) is 47.5 Å². The molecule has 0 spiro atoms. The van der Waals surface area contributed by atoms with Crippen LogP contribution in [-0.4, -0.2) is 37.2 Å². The van der Waals surface area contributed by atoms with Crippen LogP contribution in [0.1, 0.15) is 18.4 Å². The van der Waals surface area contributed by atoms with Crippen LogP contribution in [0.4, 0.5) is 0 Å². The molecule has 0 unspecified atom stereocenters. The van der Waals surface area contributed by atoms with Crippen LogP contribution in [0.25, 0.3) is 0 Å². The first-order valence-corrected chi connectivity index (χ1v) is 9.39. The summed E-state index contributed by atoms with van der Waals surface area (Å²) in [4.78, 5) is 13.9. The number of hydrogen-bond acceptors (Lipinski definition) is 5. The first-order chi connectivity index (χ1) is 11.1. The van der Waals surface area contributed by atoms with E-state index < -0.39 is 13.4 Å². The molecule has 6 heteroatoms. The largest absolute Gasteiger partial charge is 0.351 e. The van der Waals surface area contributed by atoms with Gasteiger partial charge >= 0.3 is 7.60 Å². The number of nitrogens with zero attached hydrogens (tertiary/aromatic N) is 1. The smallest absolute Gasteiger partial charge is 0.311 e. The van der Waals surface area contributed by atoms with Gasteiger partial charge in [-0.25, -0.2) is 0 Å². The normalized spacial score (nSPS) is 25.3. The zero-order valence-electron chi connectivity index (χ0n) is 13.5. The molecule has 1 aromatic carbocycles. The third-order valence-corrected chi connectivity index (χ3v) is 6.89. The topological polar surface area (TPSA) is 55.8 Å². The second-order valence-corrected chi connectivity index (χ2v) is 8.34. The van der Waals surface area contributed by atoms with Gasteiger partial charge in [0.2, 0.25) is 0 Å². The lowest BCUT2D eigenvalue weighted by molar-refractivity contribution is -0.119. The lowest BCUT2D eigenvalue weighted by atomic mass is 9.89. The average molecular weight is 335 g/mol. The standard InChI is InChI=1S/C17H22NO4P/c1-21-23(20,22-2)17-16-9-8-15(19)10-14(16)12-18(17)11-13-6-4-3-5-7-13/h3-7,9,14,17H,8,10-12H2,1-2H3/t14-,17+/m0/s1. The van der Waals surface area contributed by atoms with Gasteiger partial charge in [-0.1, -0.05) is 36.4 Å². The monoisotopic (exact) mass is 335 g/mol. The van der Waals surface area contributed by atoms with Crippen molar-refractivity contribution in [3.63, 3.8) is 0 Å². The van der Waals surface area contributed by atoms with Gasteiger partial charge in [0.15, 0.2) is 0 Å². The Morgan fingerprint density at radius 1 is 1.22 bits per heavy atom. The summed E-state index contributed by atoms with van der Waals surface area (Å²) >= 11 is 0. The quantitative estimate of drug-likeness (QED) is 0.611. The van der Waals surface area contributed by atoms with Crippen molar-refractivity contribution in [1.82, 2.24) is 4.90 Å². The van der Waals surface area contributed by atoms with Crippen LogP contribution in [0.2, 0.25) is 0 Å². The van der Waals surface area contributed by atoms with E-state index in [0.29, 0.717) is 25.9 Å². The van der Waals surface area contributed by atoms with E-state index in [9.17, 15) is 9.36 Å². The Morgan fingerprint density at radius 3 is 2.57 bits per heavy atom. The number of likely N-dealkylation sites (tertiary alicyclic amines) is 1. The van der Waals surface area contributed by atoms with Crippen molar-refractivity contribution in [1.29, 1.82) is 0 Å². The molecule has 1 heterocycles. The number of fused-ring (bicyclic) bond motifs is 1. The SMILES string of the molecule is COP(=O)(OC)[C@@H]1C2=CCC(=O)C[C@H]2CN1Cc1ccccc1. The third-order valence-electron chi connectivity index (χ3n) is 4.65. The fourth-order valence-corrected chi connectivity index (χ4v) is 5.39. The summed E-state index contributed by atoms with van der Waals surface area (Å²) in [6, 6.07) is 10.0. The van der Waals surface area contributed by atoms with Crippen LogP contribution in [0.3, 0.4) is 0 Å². The van der Waals surface area contributed by atoms with Crippen LogP contribution < -0.4 is 0 Å². The molecule has 1 aromatic rings. The Kier molecular flexibility index (Phi) is 4.83. The van der Waals surface area contributed by atoms with Gasteiger partial charge in [0.1, 0.15) is 11.6 Å². The van der Waals surface area contributed by atoms with Gasteiger partial charge < -0.3 is 9.05 Å². The highest BCUT2D eigenvalue weighted by molar-refractivity contribution is 7.54. The van der Waals surface area contributed by atoms with E-state index >= 15 is 0 Å². The summed E-state index contributed by atoms with van der Waals surface area (Å²) < 4.78 is 23.6. The van der Waals surface area contributed by atoms with E-state index in [-0.39, 0.29) is 11.7 Å². The second-order valence-electron chi connectivity index (χ2n) is 6.04. The minimum atomic E-state index is -3.28. The summed E-state index contributed by atoms with van der Waals surface area (Å²) in [5.74, 6) is -0.0527. The number of carbonyl (C=O) groups excluding carboxylic acids is 1. The molecule has 5 nitrogen and oxygen atoms in total. The zero-order chi connectivity index (χ0) is 16.4. The highest BCUT2D eigenvalue weighted by atomic mass is 31.2. The first-order valence-electron chi connectivity index (χ1n) is 7.78. The van der Waals surface area contributed by atoms with E-state index in [1.54, 1.807) is 0 Å². The van der Waals surface area contributed by atoms with Gasteiger partial charge in [-0.15, -0.1) is 0 Å². The summed E-state index contributed by atoms with van der Waals surface area (Å²) in [6.45, 7) is 1.36. The van der Waals surface area contributed by atoms with Crippen LogP contribution in [0.15, 0.2) is 42.0 Å². The number of hydrogen-bond donors (Lipinski definition) is 0. The van der Waals surface area contributed by atoms with E-state index in [1.807, 2.05) is 36.4 Å². The Morgan fingerprint density at radius 2 is 1.91 bits per heavy atom. The molecule has 3 rings (SSSR count). The fraction of sp³-hybridized carbons (Fsp3) is 0.471. The number of Topliss-reactive ketones (excluding diaryl/α,β-unsaturated/α-hetero) is 1. The number of allylic oxidation sites excluding steroid dienone is 1. The Balaban J connectivity index is 1.94. The number of benzene rings is 1. The van der Waals surface area contributed by atoms with E-state index in [0.717, 1.165) is 11.1 Å². The predicted molar refractivity (Wildman–Crippen MR) is 88.1 cm³/mol. The molecule has 0 aromatic heterocycles. The number of ketones is 1. The molecule has 1 fully saturated rings. The Labute approximate surface area is 136 Å². The van der Waals surface area contributed by atoms with Crippen molar-refractivity contribution in [3.8, 4) is 0 Å². The highest BCUT2D eigenvalue weighted by Crippen LogP contribution is 2.60. The first kappa shape index (κ1) is 16.6. The Hall–Kier alpha value is -1.26. The number of rotatable bonds is 5. The number of carbonyl (C=O) groups is 1. The molecule has 0 amide bonds. The predicted octanol–water partition coefficient (Wildman–Crippen LogP) is 3.22. The minimum absolute atomic E-state index is 0.114. The summed E-state index contributed by atoms with van der Waals surface area (Å²) in [5, 5.41) is 0. The molecule has 2 aliphatic rings. The lowest BCUT2D eigenvalue weighted by Gasteiger charge is -2.30. The van der Waals surface area contributed by atoms with Crippen molar-refractivity contribution in [2.45, 2.75) is 25.2 Å². The van der Waals surface area contributed by atoms with Crippen LogP contribution in [0, 0.1) is 5.92 Å². The van der Waals surface area contributed by atoms with Crippen molar-refractivity contribution in [2.75, 3.05) is 20.8 Å². The van der Waals surface area contributed by atoms with Gasteiger partial charge in [-0.3, -0.25) is 14.3 Å². The maximum absolute atomic E-state index is 13.1. The van der Waals surface area contributed by atoms with E-state index in [2.05, 4.69) is 4.90 Å². The second kappa shape index (κ2) is 6.70. The van der Waals surface area contributed by atoms with Gasteiger partial charge in [0.05, 0.1) is 0 Å². The van der Waals surface area contributed by atoms with Gasteiger partial charge in [0.25, 0.3) is 0 Å². The fourth-order valence-electron chi connectivity index (χ4n) is 3.58.